The number of allylic oxidation sites excluding steroid dienone is 1. The number of amides is 5. The molecule has 2 unspecified atom stereocenters. The molecule has 5 atom stereocenters. The third-order valence-electron chi connectivity index (χ3n) is 11.5. The van der Waals surface area contributed by atoms with Gasteiger partial charge in [0, 0.05) is 49.6 Å². The van der Waals surface area contributed by atoms with Crippen LogP contribution in [0.5, 0.6) is 0 Å². The van der Waals surface area contributed by atoms with E-state index in [1.165, 1.54) is 4.90 Å². The molecule has 5 amide bonds. The van der Waals surface area contributed by atoms with Crippen LogP contribution in [0.2, 0.25) is 0 Å². The summed E-state index contributed by atoms with van der Waals surface area (Å²) in [6.07, 6.45) is 7.88. The van der Waals surface area contributed by atoms with Crippen LogP contribution in [0.25, 0.3) is 11.1 Å². The first-order valence-corrected chi connectivity index (χ1v) is 20.7. The van der Waals surface area contributed by atoms with Crippen LogP contribution in [-0.4, -0.2) is 109 Å². The summed E-state index contributed by atoms with van der Waals surface area (Å²) in [4.78, 5) is 65.5. The van der Waals surface area contributed by atoms with Gasteiger partial charge in [-0.25, -0.2) is 13.2 Å². The fraction of sp³-hybridized carbons (Fsp3) is 0.513. The van der Waals surface area contributed by atoms with Crippen molar-refractivity contribution in [2.24, 2.45) is 11.1 Å². The normalized spacial score (nSPS) is 28.9. The van der Waals surface area contributed by atoms with Gasteiger partial charge in [0.2, 0.25) is 21.8 Å². The van der Waals surface area contributed by atoms with Crippen LogP contribution in [0.3, 0.4) is 0 Å². The first kappa shape index (κ1) is 36.2. The number of benzene rings is 2. The van der Waals surface area contributed by atoms with Crippen molar-refractivity contribution >= 4 is 39.5 Å². The number of hydrogen-bond donors (Lipinski definition) is 4. The first-order chi connectivity index (χ1) is 26.1. The molecule has 0 radical (unpaired) electrons. The summed E-state index contributed by atoms with van der Waals surface area (Å²) in [6, 6.07) is 13.5. The van der Waals surface area contributed by atoms with Crippen molar-refractivity contribution in [3.8, 4) is 11.1 Å². The van der Waals surface area contributed by atoms with Gasteiger partial charge in [-0.1, -0.05) is 78.7 Å². The maximum Gasteiger partial charge on any atom is 0.318 e. The van der Waals surface area contributed by atoms with Gasteiger partial charge in [0.1, 0.15) is 29.4 Å². The van der Waals surface area contributed by atoms with Crippen molar-refractivity contribution in [1.29, 1.82) is 0 Å². The smallest absolute Gasteiger partial charge is 0.318 e. The predicted molar refractivity (Wildman–Crippen MR) is 201 cm³/mol. The molecule has 2 saturated carbocycles. The van der Waals surface area contributed by atoms with Crippen LogP contribution < -0.4 is 20.7 Å². The van der Waals surface area contributed by atoms with Crippen molar-refractivity contribution in [3.63, 3.8) is 0 Å². The van der Waals surface area contributed by atoms with Crippen LogP contribution in [-0.2, 0) is 29.2 Å². The molecular weight excluding hydrogens is 711 g/mol. The second kappa shape index (κ2) is 14.8. The molecule has 0 spiro atoms. The Morgan fingerprint density at radius 1 is 0.907 bits per heavy atom. The molecule has 8 rings (SSSR count). The molecule has 0 bridgehead atoms. The molecule has 15 heteroatoms. The van der Waals surface area contributed by atoms with E-state index in [9.17, 15) is 27.6 Å². The van der Waals surface area contributed by atoms with E-state index in [-0.39, 0.29) is 25.4 Å². The van der Waals surface area contributed by atoms with Crippen molar-refractivity contribution in [2.45, 2.75) is 86.8 Å². The Bertz CT molecular complexity index is 1950. The number of hydrogen-bond acceptors (Lipinski definition) is 9. The van der Waals surface area contributed by atoms with E-state index in [1.54, 1.807) is 4.90 Å². The number of sulfonamides is 1. The molecule has 3 aliphatic heterocycles. The number of oxime groups is 1. The Morgan fingerprint density at radius 2 is 1.59 bits per heavy atom. The molecule has 4 N–H and O–H groups in total. The fourth-order valence-corrected chi connectivity index (χ4v) is 9.53. The van der Waals surface area contributed by atoms with Crippen LogP contribution >= 0.6 is 0 Å². The number of nitrogens with zero attached hydrogens (tertiary/aromatic N) is 3. The molecule has 14 nitrogen and oxygen atoms in total. The van der Waals surface area contributed by atoms with Crippen LogP contribution in [0.15, 0.2) is 65.8 Å². The van der Waals surface area contributed by atoms with Crippen molar-refractivity contribution in [2.75, 3.05) is 32.7 Å². The summed E-state index contributed by atoms with van der Waals surface area (Å²) in [6.45, 7) is 2.36. The molecule has 6 aliphatic rings. The summed E-state index contributed by atoms with van der Waals surface area (Å²) < 4.78 is 27.9. The summed E-state index contributed by atoms with van der Waals surface area (Å²) >= 11 is 0. The van der Waals surface area contributed by atoms with Gasteiger partial charge >= 0.3 is 6.03 Å². The average Bonchev–Trinajstić information content (AvgIpc) is 4.09. The summed E-state index contributed by atoms with van der Waals surface area (Å²) in [5.74, 6) is -2.17. The molecule has 54 heavy (non-hydrogen) atoms. The van der Waals surface area contributed by atoms with E-state index in [0.717, 1.165) is 41.5 Å². The molecule has 0 aromatic heterocycles. The van der Waals surface area contributed by atoms with Crippen molar-refractivity contribution < 1.29 is 32.4 Å². The summed E-state index contributed by atoms with van der Waals surface area (Å²) in [5, 5.41) is 13.1. The van der Waals surface area contributed by atoms with E-state index < -0.39 is 62.6 Å². The number of carbonyl (C=O) groups excluding carboxylic acids is 4. The van der Waals surface area contributed by atoms with Crippen molar-refractivity contribution in [1.82, 2.24) is 30.5 Å². The minimum atomic E-state index is -3.87. The van der Waals surface area contributed by atoms with Crippen LogP contribution in [0.1, 0.15) is 68.9 Å². The number of urea groups is 1. The van der Waals surface area contributed by atoms with E-state index in [2.05, 4.69) is 25.8 Å². The van der Waals surface area contributed by atoms with E-state index in [4.69, 9.17) is 4.84 Å². The van der Waals surface area contributed by atoms with Gasteiger partial charge in [0.15, 0.2) is 0 Å². The Morgan fingerprint density at radius 3 is 2.28 bits per heavy atom. The molecule has 3 heterocycles. The summed E-state index contributed by atoms with van der Waals surface area (Å²) in [7, 11) is -3.87. The Balaban J connectivity index is 1.08. The highest BCUT2D eigenvalue weighted by atomic mass is 32.2. The minimum Gasteiger partial charge on any atom is -0.390 e. The zero-order valence-corrected chi connectivity index (χ0v) is 31.0. The van der Waals surface area contributed by atoms with E-state index in [1.807, 2.05) is 60.7 Å². The highest BCUT2D eigenvalue weighted by molar-refractivity contribution is 7.91. The lowest BCUT2D eigenvalue weighted by molar-refractivity contribution is -0.141. The lowest BCUT2D eigenvalue weighted by Gasteiger charge is -2.32. The van der Waals surface area contributed by atoms with Crippen molar-refractivity contribution in [3.05, 3.63) is 71.8 Å². The third kappa shape index (κ3) is 7.22. The SMILES string of the molecule is O=C1NC2(C(=O)NS(=O)(=O)C3CC3)CC2/C=C\CCCCC[C@H](NC(=O)N2CCNCC2)C(=O)N2C[C@H](ON=C3c4ccccc4-c4ccccc43)C[C@@H]12. The van der Waals surface area contributed by atoms with Gasteiger partial charge in [0.05, 0.1) is 11.8 Å². The maximum absolute atomic E-state index is 14.6. The molecular formula is C39H47N7O7S. The number of rotatable bonds is 6. The average molecular weight is 758 g/mol. The zero-order chi connectivity index (χ0) is 37.5. The van der Waals surface area contributed by atoms with Crippen LogP contribution in [0, 0.1) is 5.92 Å². The maximum atomic E-state index is 14.6. The number of fused-ring (bicyclic) bond motifs is 5. The third-order valence-corrected chi connectivity index (χ3v) is 13.3. The van der Waals surface area contributed by atoms with Gasteiger partial charge in [0.25, 0.3) is 5.91 Å². The summed E-state index contributed by atoms with van der Waals surface area (Å²) in [5.41, 5.74) is 3.08. The van der Waals surface area contributed by atoms with Gasteiger partial charge in [-0.2, -0.15) is 0 Å². The van der Waals surface area contributed by atoms with Gasteiger partial charge in [-0.3, -0.25) is 19.1 Å². The minimum absolute atomic E-state index is 0.0234. The molecule has 2 aromatic carbocycles. The Kier molecular flexibility index (Phi) is 9.94. The molecule has 2 aromatic rings. The van der Waals surface area contributed by atoms with Gasteiger partial charge < -0.3 is 30.6 Å². The second-order valence-electron chi connectivity index (χ2n) is 15.3. The Hall–Kier alpha value is -4.76. The second-order valence-corrected chi connectivity index (χ2v) is 17.2. The topological polar surface area (TPSA) is 179 Å². The predicted octanol–water partition coefficient (Wildman–Crippen LogP) is 2.39. The van der Waals surface area contributed by atoms with Crippen LogP contribution in [0.4, 0.5) is 4.79 Å². The lowest BCUT2D eigenvalue weighted by atomic mass is 10.0. The first-order valence-electron chi connectivity index (χ1n) is 19.2. The quantitative estimate of drug-likeness (QED) is 0.219. The fourth-order valence-electron chi connectivity index (χ4n) is 8.17. The number of carbonyl (C=O) groups is 4. The zero-order valence-electron chi connectivity index (χ0n) is 30.2. The number of nitrogens with one attached hydrogen (secondary N) is 4. The molecule has 3 aliphatic carbocycles. The Labute approximate surface area is 315 Å². The largest absolute Gasteiger partial charge is 0.390 e. The monoisotopic (exact) mass is 757 g/mol. The molecule has 286 valence electrons. The van der Waals surface area contributed by atoms with Gasteiger partial charge in [-0.05, 0) is 49.7 Å². The highest BCUT2D eigenvalue weighted by Gasteiger charge is 2.62. The van der Waals surface area contributed by atoms with E-state index in [0.29, 0.717) is 57.6 Å². The lowest BCUT2D eigenvalue weighted by Crippen LogP contribution is -2.59. The number of piperazine rings is 1. The molecule has 4 fully saturated rings. The standard InChI is InChI=1S/C39H47N7O7S/c47-35-33-22-26(53-43-34-30-13-8-6-11-28(30)29-12-7-9-14-31(29)34)24-46(33)36(48)32(41-38(50)45-20-18-40-19-21-45)15-5-3-1-2-4-10-25-23-39(25,42-35)37(49)44-54(51,52)27-16-17-27/h4,6-14,25-27,32-33,40H,1-3,5,15-24H2,(H,41,50)(H,42,47)(H,44,49)/b10-4-/t25?,26-,32+,33+,39?/m1/s1. The highest BCUT2D eigenvalue weighted by Crippen LogP contribution is 2.46. The molecule has 2 saturated heterocycles. The van der Waals surface area contributed by atoms with E-state index >= 15 is 0 Å². The van der Waals surface area contributed by atoms with Gasteiger partial charge in [-0.15, -0.1) is 0 Å².